The van der Waals surface area contributed by atoms with E-state index in [1.54, 1.807) is 0 Å². The molecule has 0 aliphatic heterocycles. The van der Waals surface area contributed by atoms with Crippen LogP contribution in [-0.4, -0.2) is 15.8 Å². The van der Waals surface area contributed by atoms with E-state index in [0.29, 0.717) is 6.07 Å². The topological polar surface area (TPSA) is 42.9 Å². The fourth-order valence-corrected chi connectivity index (χ4v) is 3.08. The van der Waals surface area contributed by atoms with Crippen LogP contribution in [0.1, 0.15) is 21.7 Å². The van der Waals surface area contributed by atoms with Crippen molar-refractivity contribution < 1.29 is 37.4 Å². The minimum absolute atomic E-state index is 0.0634. The number of rotatable bonds is 3. The molecule has 3 rings (SSSR count). The molecule has 150 valence electrons. The molecule has 0 aliphatic carbocycles. The first kappa shape index (κ1) is 20.0. The minimum Gasteiger partial charge on any atom is -0.287 e. The standard InChI is InChI=1S/C16H8F8N2OS/c17-16(18,19)14-8-11(15(27)13-3-1-2-6-25-13)10-7-9(4-5-12(10)26-14)28(20,21,22,23)24/h1-8H. The predicted molar refractivity (Wildman–Crippen MR) is 85.8 cm³/mol. The summed E-state index contributed by atoms with van der Waals surface area (Å²) >= 11 is 0. The monoisotopic (exact) mass is 428 g/mol. The highest BCUT2D eigenvalue weighted by molar-refractivity contribution is 8.45. The van der Waals surface area contributed by atoms with Gasteiger partial charge in [0.2, 0.25) is 5.78 Å². The normalized spacial score (nSPS) is 15.1. The molecule has 2 heterocycles. The SMILES string of the molecule is O=C(c1ccccn1)c1cc(C(F)(F)F)nc2ccc(S(F)(F)(F)(F)F)cc12. The van der Waals surface area contributed by atoms with E-state index in [-0.39, 0.29) is 23.9 Å². The van der Waals surface area contributed by atoms with Crippen LogP contribution in [0.2, 0.25) is 0 Å². The van der Waals surface area contributed by atoms with Gasteiger partial charge in [0.15, 0.2) is 0 Å². The third-order valence-corrected chi connectivity index (χ3v) is 4.80. The molecule has 0 radical (unpaired) electrons. The van der Waals surface area contributed by atoms with Gasteiger partial charge in [-0.05, 0) is 36.4 Å². The lowest BCUT2D eigenvalue weighted by Gasteiger charge is -2.40. The summed E-state index contributed by atoms with van der Waals surface area (Å²) in [7, 11) is -10.1. The number of ketones is 1. The first-order valence-electron chi connectivity index (χ1n) is 7.28. The van der Waals surface area contributed by atoms with Crippen LogP contribution in [0.3, 0.4) is 0 Å². The third-order valence-electron chi connectivity index (χ3n) is 3.66. The van der Waals surface area contributed by atoms with E-state index in [1.165, 1.54) is 12.1 Å². The number of alkyl halides is 3. The molecule has 0 atom stereocenters. The second-order valence-electron chi connectivity index (χ2n) is 5.74. The lowest BCUT2D eigenvalue weighted by molar-refractivity contribution is -0.141. The Labute approximate surface area is 151 Å². The first-order chi connectivity index (χ1) is 12.6. The van der Waals surface area contributed by atoms with Gasteiger partial charge in [0.05, 0.1) is 5.52 Å². The van der Waals surface area contributed by atoms with Crippen molar-refractivity contribution in [2.24, 2.45) is 0 Å². The number of hydrogen-bond donors (Lipinski definition) is 0. The van der Waals surface area contributed by atoms with Crippen LogP contribution in [0.25, 0.3) is 10.9 Å². The average molecular weight is 428 g/mol. The zero-order valence-electron chi connectivity index (χ0n) is 13.4. The van der Waals surface area contributed by atoms with E-state index in [2.05, 4.69) is 9.97 Å². The summed E-state index contributed by atoms with van der Waals surface area (Å²) in [5, 5.41) is -0.797. The third kappa shape index (κ3) is 3.91. The zero-order chi connectivity index (χ0) is 21.0. The van der Waals surface area contributed by atoms with E-state index in [1.807, 2.05) is 0 Å². The summed E-state index contributed by atoms with van der Waals surface area (Å²) in [6.07, 6.45) is -3.88. The molecule has 1 aromatic carbocycles. The molecule has 0 saturated heterocycles. The quantitative estimate of drug-likeness (QED) is 0.352. The Hall–Kier alpha value is -2.76. The summed E-state index contributed by atoms with van der Waals surface area (Å²) in [4.78, 5) is 17.0. The predicted octanol–water partition coefficient (Wildman–Crippen LogP) is 6.54. The number of hydrogen-bond acceptors (Lipinski definition) is 3. The molecular weight excluding hydrogens is 420 g/mol. The van der Waals surface area contributed by atoms with Crippen LogP contribution >= 0.6 is 10.2 Å². The molecular formula is C16H8F8N2OS. The van der Waals surface area contributed by atoms with Crippen molar-refractivity contribution in [2.75, 3.05) is 0 Å². The molecule has 0 fully saturated rings. The van der Waals surface area contributed by atoms with Crippen LogP contribution in [0, 0.1) is 0 Å². The van der Waals surface area contributed by atoms with Crippen LogP contribution in [0.15, 0.2) is 53.6 Å². The second kappa shape index (κ2) is 5.40. The summed E-state index contributed by atoms with van der Waals surface area (Å²) in [6.45, 7) is 0. The second-order valence-corrected chi connectivity index (χ2v) is 8.15. The first-order valence-corrected chi connectivity index (χ1v) is 9.23. The maximum Gasteiger partial charge on any atom is 0.433 e. The highest BCUT2D eigenvalue weighted by Crippen LogP contribution is 3.02. The molecule has 0 amide bonds. The minimum atomic E-state index is -10.1. The maximum atomic E-state index is 13.1. The van der Waals surface area contributed by atoms with Crippen LogP contribution in [0.4, 0.5) is 32.6 Å². The number of carbonyl (C=O) groups is 1. The van der Waals surface area contributed by atoms with Gasteiger partial charge in [-0.1, -0.05) is 25.5 Å². The van der Waals surface area contributed by atoms with Gasteiger partial charge in [0.1, 0.15) is 16.3 Å². The summed E-state index contributed by atoms with van der Waals surface area (Å²) < 4.78 is 105. The summed E-state index contributed by atoms with van der Waals surface area (Å²) in [6, 6.07) is 4.30. The van der Waals surface area contributed by atoms with E-state index < -0.39 is 49.2 Å². The Morgan fingerprint density at radius 1 is 0.929 bits per heavy atom. The summed E-state index contributed by atoms with van der Waals surface area (Å²) in [5.74, 6) is -1.17. The van der Waals surface area contributed by atoms with Crippen molar-refractivity contribution in [1.82, 2.24) is 9.97 Å². The van der Waals surface area contributed by atoms with Gasteiger partial charge < -0.3 is 0 Å². The van der Waals surface area contributed by atoms with E-state index in [0.717, 1.165) is 12.3 Å². The van der Waals surface area contributed by atoms with Gasteiger partial charge in [-0.15, -0.1) is 0 Å². The van der Waals surface area contributed by atoms with Gasteiger partial charge in [0.25, 0.3) is 0 Å². The van der Waals surface area contributed by atoms with Crippen molar-refractivity contribution in [3.8, 4) is 0 Å². The highest BCUT2D eigenvalue weighted by Gasteiger charge is 2.65. The highest BCUT2D eigenvalue weighted by atomic mass is 32.5. The molecule has 0 N–H and O–H groups in total. The van der Waals surface area contributed by atoms with Gasteiger partial charge in [-0.25, -0.2) is 4.98 Å². The average Bonchev–Trinajstić information content (AvgIpc) is 2.57. The molecule has 2 aromatic heterocycles. The van der Waals surface area contributed by atoms with E-state index >= 15 is 0 Å². The molecule has 0 spiro atoms. The number of pyridine rings is 2. The Bertz CT molecular complexity index is 1100. The van der Waals surface area contributed by atoms with Gasteiger partial charge in [-0.3, -0.25) is 9.78 Å². The molecule has 0 aliphatic rings. The number of benzene rings is 1. The van der Waals surface area contributed by atoms with E-state index in [9.17, 15) is 37.4 Å². The maximum absolute atomic E-state index is 13.1. The Balaban J connectivity index is 2.36. The zero-order valence-corrected chi connectivity index (χ0v) is 14.2. The molecule has 3 nitrogen and oxygen atoms in total. The number of halogens is 8. The lowest BCUT2D eigenvalue weighted by Crippen LogP contribution is -2.13. The Morgan fingerprint density at radius 2 is 1.61 bits per heavy atom. The van der Waals surface area contributed by atoms with Crippen molar-refractivity contribution in [2.45, 2.75) is 11.1 Å². The van der Waals surface area contributed by atoms with Gasteiger partial charge >= 0.3 is 16.4 Å². The Morgan fingerprint density at radius 3 is 2.14 bits per heavy atom. The van der Waals surface area contributed by atoms with Crippen molar-refractivity contribution in [1.29, 1.82) is 0 Å². The van der Waals surface area contributed by atoms with Crippen molar-refractivity contribution in [3.05, 3.63) is 65.6 Å². The molecule has 0 saturated carbocycles. The molecule has 3 aromatic rings. The van der Waals surface area contributed by atoms with Crippen LogP contribution in [-0.2, 0) is 6.18 Å². The molecule has 0 bridgehead atoms. The van der Waals surface area contributed by atoms with E-state index in [4.69, 9.17) is 0 Å². The Kier molecular flexibility index (Phi) is 3.85. The van der Waals surface area contributed by atoms with Crippen molar-refractivity contribution in [3.63, 3.8) is 0 Å². The number of fused-ring (bicyclic) bond motifs is 1. The number of carbonyl (C=O) groups excluding carboxylic acids is 1. The van der Waals surface area contributed by atoms with Crippen LogP contribution in [0.5, 0.6) is 0 Å². The van der Waals surface area contributed by atoms with Crippen molar-refractivity contribution >= 4 is 26.9 Å². The molecule has 0 unspecified atom stereocenters. The molecule has 12 heteroatoms. The number of aromatic nitrogens is 2. The fraction of sp³-hybridized carbons (Fsp3) is 0.0625. The summed E-state index contributed by atoms with van der Waals surface area (Å²) in [5.41, 5.74) is -3.50. The van der Waals surface area contributed by atoms with Crippen LogP contribution < -0.4 is 0 Å². The fourth-order valence-electron chi connectivity index (χ4n) is 2.41. The van der Waals surface area contributed by atoms with Gasteiger partial charge in [0, 0.05) is 17.1 Å². The smallest absolute Gasteiger partial charge is 0.287 e. The largest absolute Gasteiger partial charge is 0.433 e. The number of nitrogens with zero attached hydrogens (tertiary/aromatic N) is 2. The molecule has 28 heavy (non-hydrogen) atoms. The van der Waals surface area contributed by atoms with Gasteiger partial charge in [-0.2, -0.15) is 13.2 Å². The lowest BCUT2D eigenvalue weighted by atomic mass is 10.0.